The van der Waals surface area contributed by atoms with Crippen LogP contribution in [0.4, 0.5) is 5.95 Å². The number of hydrogen-bond acceptors (Lipinski definition) is 6. The monoisotopic (exact) mass is 341 g/mol. The lowest BCUT2D eigenvalue weighted by molar-refractivity contribution is -0.121. The third-order valence-electron chi connectivity index (χ3n) is 4.43. The molecule has 0 saturated carbocycles. The first-order valence-electron chi connectivity index (χ1n) is 7.67. The van der Waals surface area contributed by atoms with E-state index in [2.05, 4.69) is 20.4 Å². The van der Waals surface area contributed by atoms with Crippen molar-refractivity contribution >= 4 is 23.6 Å². The molecule has 2 atom stereocenters. The molecule has 2 aromatic rings. The van der Waals surface area contributed by atoms with E-state index in [-0.39, 0.29) is 30.0 Å². The second-order valence-corrected chi connectivity index (χ2v) is 5.74. The van der Waals surface area contributed by atoms with Crippen LogP contribution in [0.3, 0.4) is 0 Å². The van der Waals surface area contributed by atoms with Gasteiger partial charge in [0.1, 0.15) is 23.7 Å². The number of aromatic nitrogens is 3. The number of benzene rings is 1. The van der Waals surface area contributed by atoms with E-state index in [0.717, 1.165) is 0 Å². The number of carbonyl (C=O) groups excluding carboxylic acids is 2. The highest BCUT2D eigenvalue weighted by Crippen LogP contribution is 2.41. The van der Waals surface area contributed by atoms with Crippen LogP contribution in [-0.2, 0) is 9.59 Å². The van der Waals surface area contributed by atoms with Crippen LogP contribution in [0.25, 0.3) is 0 Å². The van der Waals surface area contributed by atoms with Gasteiger partial charge in [-0.25, -0.2) is 0 Å². The average Bonchev–Trinajstić information content (AvgIpc) is 3.09. The fourth-order valence-corrected chi connectivity index (χ4v) is 3.31. The van der Waals surface area contributed by atoms with Crippen LogP contribution in [0, 0.1) is 5.92 Å². The summed E-state index contributed by atoms with van der Waals surface area (Å²) in [6.07, 6.45) is 1.40. The van der Waals surface area contributed by atoms with Gasteiger partial charge < -0.3 is 9.47 Å². The molecule has 2 amide bonds. The van der Waals surface area contributed by atoms with Gasteiger partial charge in [-0.1, -0.05) is 0 Å². The molecule has 0 saturated heterocycles. The van der Waals surface area contributed by atoms with E-state index < -0.39 is 11.8 Å². The van der Waals surface area contributed by atoms with Gasteiger partial charge in [-0.3, -0.25) is 14.9 Å². The van der Waals surface area contributed by atoms with Crippen molar-refractivity contribution in [1.29, 1.82) is 0 Å². The molecule has 9 nitrogen and oxygen atoms in total. The lowest BCUT2D eigenvalue weighted by Gasteiger charge is -2.33. The zero-order chi connectivity index (χ0) is 17.6. The Bertz CT molecular complexity index is 904. The number of methoxy groups -OCH3 is 2. The summed E-state index contributed by atoms with van der Waals surface area (Å²) in [5.41, 5.74) is 0.714. The smallest absolute Gasteiger partial charge is 0.248 e. The van der Waals surface area contributed by atoms with E-state index in [1.54, 1.807) is 32.4 Å². The third-order valence-corrected chi connectivity index (χ3v) is 4.43. The summed E-state index contributed by atoms with van der Waals surface area (Å²) in [6.45, 7) is 0. The first-order chi connectivity index (χ1) is 12.1. The number of ether oxygens (including phenoxy) is 2. The predicted molar refractivity (Wildman–Crippen MR) is 86.9 cm³/mol. The first-order valence-corrected chi connectivity index (χ1v) is 7.67. The second-order valence-electron chi connectivity index (χ2n) is 5.74. The van der Waals surface area contributed by atoms with Crippen molar-refractivity contribution in [2.45, 2.75) is 12.3 Å². The molecule has 0 aliphatic carbocycles. The van der Waals surface area contributed by atoms with Gasteiger partial charge >= 0.3 is 0 Å². The van der Waals surface area contributed by atoms with E-state index >= 15 is 0 Å². The van der Waals surface area contributed by atoms with Crippen molar-refractivity contribution < 1.29 is 19.1 Å². The minimum Gasteiger partial charge on any atom is -0.497 e. The third kappa shape index (κ3) is 2.35. The van der Waals surface area contributed by atoms with Crippen molar-refractivity contribution in [2.75, 3.05) is 19.5 Å². The maximum atomic E-state index is 12.7. The summed E-state index contributed by atoms with van der Waals surface area (Å²) in [4.78, 5) is 32.9. The van der Waals surface area contributed by atoms with Gasteiger partial charge in [0.15, 0.2) is 5.84 Å². The quantitative estimate of drug-likeness (QED) is 0.886. The molecule has 4 rings (SSSR count). The zero-order valence-electron chi connectivity index (χ0n) is 13.6. The number of hydrogen-bond donors (Lipinski definition) is 1. The second kappa shape index (κ2) is 5.69. The molecule has 0 fully saturated rings. The highest BCUT2D eigenvalue weighted by atomic mass is 16.5. The summed E-state index contributed by atoms with van der Waals surface area (Å²) in [7, 11) is 3.10. The Hall–Kier alpha value is -3.23. The van der Waals surface area contributed by atoms with Crippen LogP contribution in [0.2, 0.25) is 0 Å². The summed E-state index contributed by atoms with van der Waals surface area (Å²) < 4.78 is 12.1. The lowest BCUT2D eigenvalue weighted by atomic mass is 9.79. The molecule has 25 heavy (non-hydrogen) atoms. The molecule has 0 bridgehead atoms. The molecule has 2 aliphatic rings. The molecule has 2 unspecified atom stereocenters. The maximum Gasteiger partial charge on any atom is 0.248 e. The van der Waals surface area contributed by atoms with Crippen LogP contribution in [-0.4, -0.2) is 46.6 Å². The molecule has 9 heteroatoms. The number of nitrogens with zero attached hydrogens (tertiary/aromatic N) is 4. The summed E-state index contributed by atoms with van der Waals surface area (Å²) in [5, 5.41) is 6.77. The summed E-state index contributed by atoms with van der Waals surface area (Å²) >= 11 is 0. The van der Waals surface area contributed by atoms with E-state index in [4.69, 9.17) is 9.47 Å². The van der Waals surface area contributed by atoms with Crippen molar-refractivity contribution in [3.8, 4) is 11.5 Å². The number of aliphatic imine (C=N–C) groups is 1. The number of nitrogens with one attached hydrogen (secondary N) is 1. The largest absolute Gasteiger partial charge is 0.497 e. The highest BCUT2D eigenvalue weighted by Gasteiger charge is 2.45. The number of fused-ring (bicyclic) bond motifs is 3. The van der Waals surface area contributed by atoms with Gasteiger partial charge in [-0.15, -0.1) is 0 Å². The molecule has 3 heterocycles. The topological polar surface area (TPSA) is 108 Å². The lowest BCUT2D eigenvalue weighted by Crippen LogP contribution is -2.46. The number of amides is 2. The van der Waals surface area contributed by atoms with E-state index in [9.17, 15) is 9.59 Å². The summed E-state index contributed by atoms with van der Waals surface area (Å²) in [5.74, 6) is 0.0182. The van der Waals surface area contributed by atoms with Crippen molar-refractivity contribution in [3.05, 3.63) is 30.1 Å². The van der Waals surface area contributed by atoms with E-state index in [0.29, 0.717) is 17.1 Å². The Morgan fingerprint density at radius 2 is 2.08 bits per heavy atom. The zero-order valence-corrected chi connectivity index (χ0v) is 13.6. The van der Waals surface area contributed by atoms with Crippen LogP contribution in [0.5, 0.6) is 11.5 Å². The van der Waals surface area contributed by atoms with Crippen molar-refractivity contribution in [3.63, 3.8) is 0 Å². The molecule has 1 aromatic carbocycles. The van der Waals surface area contributed by atoms with Gasteiger partial charge in [-0.2, -0.15) is 19.8 Å². The Morgan fingerprint density at radius 3 is 2.84 bits per heavy atom. The van der Waals surface area contributed by atoms with Gasteiger partial charge in [-0.05, 0) is 18.2 Å². The number of anilines is 1. The Morgan fingerprint density at radius 1 is 1.24 bits per heavy atom. The van der Waals surface area contributed by atoms with Gasteiger partial charge in [0.2, 0.25) is 17.8 Å². The molecule has 1 N–H and O–H groups in total. The molecule has 0 radical (unpaired) electrons. The fourth-order valence-electron chi connectivity index (χ4n) is 3.31. The SMILES string of the molecule is COc1ccc(OC)c(C2CC(=O)N=C3C2C(=O)Nc2ncnn23)c1. The van der Waals surface area contributed by atoms with Crippen molar-refractivity contribution in [2.24, 2.45) is 10.9 Å². The normalized spacial score (nSPS) is 21.8. The number of carbonyl (C=O) groups is 2. The number of rotatable bonds is 3. The molecule has 1 aromatic heterocycles. The Balaban J connectivity index is 1.86. The Labute approximate surface area is 142 Å². The molecule has 128 valence electrons. The average molecular weight is 341 g/mol. The van der Waals surface area contributed by atoms with Crippen LogP contribution in [0.1, 0.15) is 17.9 Å². The van der Waals surface area contributed by atoms with E-state index in [1.165, 1.54) is 11.0 Å². The first kappa shape index (κ1) is 15.3. The van der Waals surface area contributed by atoms with Crippen LogP contribution in [0.15, 0.2) is 29.5 Å². The molecular weight excluding hydrogens is 326 g/mol. The molecule has 0 spiro atoms. The fraction of sp³-hybridized carbons (Fsp3) is 0.312. The standard InChI is InChI=1S/C16H15N5O4/c1-24-8-3-4-11(25-2)9(5-8)10-6-12(22)19-14-13(10)15(23)20-16-17-7-18-21(14)16/h3-5,7,10,13H,6H2,1-2H3,(H,17,18,20,23). The minimum absolute atomic E-state index is 0.0924. The van der Waals surface area contributed by atoms with Crippen molar-refractivity contribution in [1.82, 2.24) is 14.8 Å². The predicted octanol–water partition coefficient (Wildman–Crippen LogP) is 0.824. The molecule has 2 aliphatic heterocycles. The maximum absolute atomic E-state index is 12.7. The highest BCUT2D eigenvalue weighted by molar-refractivity contribution is 6.17. The summed E-state index contributed by atoms with van der Waals surface area (Å²) in [6, 6.07) is 5.30. The van der Waals surface area contributed by atoms with Gasteiger partial charge in [0, 0.05) is 17.9 Å². The molecular formula is C16H15N5O4. The van der Waals surface area contributed by atoms with Gasteiger partial charge in [0.05, 0.1) is 14.2 Å². The Kier molecular flexibility index (Phi) is 3.48. The van der Waals surface area contributed by atoms with Crippen LogP contribution < -0.4 is 14.8 Å². The van der Waals surface area contributed by atoms with Gasteiger partial charge in [0.25, 0.3) is 0 Å². The van der Waals surface area contributed by atoms with Crippen LogP contribution >= 0.6 is 0 Å². The minimum atomic E-state index is -0.673. The van der Waals surface area contributed by atoms with E-state index in [1.807, 2.05) is 0 Å².